The second kappa shape index (κ2) is 5.58. The Kier molecular flexibility index (Phi) is 3.47. The van der Waals surface area contributed by atoms with Crippen LogP contribution in [0.3, 0.4) is 0 Å². The first-order chi connectivity index (χ1) is 10.2. The summed E-state index contributed by atoms with van der Waals surface area (Å²) in [4.78, 5) is 12.0. The van der Waals surface area contributed by atoms with Crippen molar-refractivity contribution in [2.45, 2.75) is 6.92 Å². The van der Waals surface area contributed by atoms with Crippen molar-refractivity contribution in [1.82, 2.24) is 10.2 Å². The fourth-order valence-electron chi connectivity index (χ4n) is 1.90. The molecule has 0 saturated heterocycles. The molecule has 0 bridgehead atoms. The zero-order valence-corrected chi connectivity index (χ0v) is 11.3. The Balaban J connectivity index is 1.75. The number of aryl methyl sites for hydroxylation is 1. The highest BCUT2D eigenvalue weighted by Gasteiger charge is 2.09. The summed E-state index contributed by atoms with van der Waals surface area (Å²) in [5.74, 6) is 0.501. The molecule has 5 heteroatoms. The molecule has 0 N–H and O–H groups in total. The van der Waals surface area contributed by atoms with Crippen LogP contribution in [-0.2, 0) is 0 Å². The average Bonchev–Trinajstić information content (AvgIpc) is 3.02. The lowest BCUT2D eigenvalue weighted by Crippen LogP contribution is -2.08. The highest BCUT2D eigenvalue weighted by atomic mass is 16.5. The molecule has 3 rings (SSSR count). The predicted octanol–water partition coefficient (Wildman–Crippen LogP) is 3.26. The normalized spacial score (nSPS) is 10.3. The lowest BCUT2D eigenvalue weighted by Gasteiger charge is -2.05. The van der Waals surface area contributed by atoms with Gasteiger partial charge < -0.3 is 9.15 Å². The summed E-state index contributed by atoms with van der Waals surface area (Å²) >= 11 is 0. The van der Waals surface area contributed by atoms with Crippen molar-refractivity contribution in [3.05, 3.63) is 66.1 Å². The molecule has 0 radical (unpaired) electrons. The van der Waals surface area contributed by atoms with Crippen molar-refractivity contribution in [2.24, 2.45) is 0 Å². The molecule has 0 aliphatic rings. The quantitative estimate of drug-likeness (QED) is 0.544. The first-order valence-electron chi connectivity index (χ1n) is 6.38. The van der Waals surface area contributed by atoms with Crippen LogP contribution in [0.15, 0.2) is 59.3 Å². The van der Waals surface area contributed by atoms with Crippen molar-refractivity contribution < 1.29 is 13.9 Å². The maximum Gasteiger partial charge on any atom is 0.343 e. The molecule has 1 heterocycles. The lowest BCUT2D eigenvalue weighted by atomic mass is 10.1. The number of rotatable bonds is 3. The zero-order chi connectivity index (χ0) is 14.7. The van der Waals surface area contributed by atoms with E-state index in [2.05, 4.69) is 10.2 Å². The summed E-state index contributed by atoms with van der Waals surface area (Å²) < 4.78 is 10.4. The Morgan fingerprint density at radius 1 is 1.14 bits per heavy atom. The molecule has 1 aromatic heterocycles. The zero-order valence-electron chi connectivity index (χ0n) is 11.3. The molecular formula is C16H12N2O3. The van der Waals surface area contributed by atoms with Gasteiger partial charge in [-0.05, 0) is 43.3 Å². The van der Waals surface area contributed by atoms with Gasteiger partial charge in [0.15, 0.2) is 0 Å². The number of carbonyl (C=O) groups is 1. The van der Waals surface area contributed by atoms with E-state index in [0.29, 0.717) is 17.2 Å². The molecule has 0 spiro atoms. The van der Waals surface area contributed by atoms with Crippen LogP contribution in [0, 0.1) is 6.92 Å². The molecule has 21 heavy (non-hydrogen) atoms. The Morgan fingerprint density at radius 3 is 2.62 bits per heavy atom. The van der Waals surface area contributed by atoms with Crippen molar-refractivity contribution in [2.75, 3.05) is 0 Å². The molecule has 3 aromatic rings. The molecular weight excluding hydrogens is 268 g/mol. The minimum Gasteiger partial charge on any atom is -0.423 e. The maximum atomic E-state index is 12.0. The topological polar surface area (TPSA) is 65.2 Å². The number of hydrogen-bond donors (Lipinski definition) is 0. The number of esters is 1. The molecule has 5 nitrogen and oxygen atoms in total. The molecule has 0 atom stereocenters. The average molecular weight is 280 g/mol. The van der Waals surface area contributed by atoms with Crippen LogP contribution in [0.4, 0.5) is 0 Å². The molecule has 0 unspecified atom stereocenters. The minimum atomic E-state index is -0.385. The second-order valence-electron chi connectivity index (χ2n) is 4.53. The van der Waals surface area contributed by atoms with Gasteiger partial charge >= 0.3 is 5.97 Å². The van der Waals surface area contributed by atoms with E-state index in [1.807, 2.05) is 19.1 Å². The summed E-state index contributed by atoms with van der Waals surface area (Å²) in [7, 11) is 0. The van der Waals surface area contributed by atoms with Crippen molar-refractivity contribution in [1.29, 1.82) is 0 Å². The Morgan fingerprint density at radius 2 is 1.95 bits per heavy atom. The molecule has 0 aliphatic carbocycles. The third-order valence-electron chi connectivity index (χ3n) is 2.93. The van der Waals surface area contributed by atoms with Crippen molar-refractivity contribution in [3.63, 3.8) is 0 Å². The molecule has 0 saturated carbocycles. The predicted molar refractivity (Wildman–Crippen MR) is 75.9 cm³/mol. The SMILES string of the molecule is Cc1cccc(C(=O)Oc2ccc(-c3nnco3)cc2)c1. The van der Waals surface area contributed by atoms with E-state index >= 15 is 0 Å². The standard InChI is InChI=1S/C16H12N2O3/c1-11-3-2-4-13(9-11)16(19)21-14-7-5-12(6-8-14)15-18-17-10-20-15/h2-10H,1H3. The number of benzene rings is 2. The fourth-order valence-corrected chi connectivity index (χ4v) is 1.90. The monoisotopic (exact) mass is 280 g/mol. The summed E-state index contributed by atoms with van der Waals surface area (Å²) in [6.07, 6.45) is 1.26. The van der Waals surface area contributed by atoms with E-state index in [0.717, 1.165) is 11.1 Å². The number of aromatic nitrogens is 2. The first kappa shape index (κ1) is 13.1. The Bertz CT molecular complexity index is 749. The van der Waals surface area contributed by atoms with Gasteiger partial charge in [-0.25, -0.2) is 4.79 Å². The number of hydrogen-bond acceptors (Lipinski definition) is 5. The van der Waals surface area contributed by atoms with E-state index in [9.17, 15) is 4.79 Å². The van der Waals surface area contributed by atoms with Crippen molar-refractivity contribution >= 4 is 5.97 Å². The third kappa shape index (κ3) is 2.97. The van der Waals surface area contributed by atoms with Crippen LogP contribution in [0.25, 0.3) is 11.5 Å². The van der Waals surface area contributed by atoms with E-state index in [1.165, 1.54) is 6.39 Å². The van der Waals surface area contributed by atoms with Gasteiger partial charge in [-0.3, -0.25) is 0 Å². The minimum absolute atomic E-state index is 0.385. The summed E-state index contributed by atoms with van der Waals surface area (Å²) in [5.41, 5.74) is 2.30. The van der Waals surface area contributed by atoms with Gasteiger partial charge in [-0.1, -0.05) is 17.7 Å². The highest BCUT2D eigenvalue weighted by molar-refractivity contribution is 5.91. The van der Waals surface area contributed by atoms with Crippen LogP contribution < -0.4 is 4.74 Å². The van der Waals surface area contributed by atoms with Gasteiger partial charge in [-0.15, -0.1) is 10.2 Å². The van der Waals surface area contributed by atoms with Gasteiger partial charge in [0, 0.05) is 5.56 Å². The molecule has 104 valence electrons. The highest BCUT2D eigenvalue weighted by Crippen LogP contribution is 2.21. The van der Waals surface area contributed by atoms with Crippen LogP contribution in [-0.4, -0.2) is 16.2 Å². The smallest absolute Gasteiger partial charge is 0.343 e. The van der Waals surface area contributed by atoms with E-state index in [4.69, 9.17) is 9.15 Å². The summed E-state index contributed by atoms with van der Waals surface area (Å²) in [6, 6.07) is 14.1. The Hall–Kier alpha value is -2.95. The van der Waals surface area contributed by atoms with Gasteiger partial charge in [0.2, 0.25) is 12.3 Å². The maximum absolute atomic E-state index is 12.0. The summed E-state index contributed by atoms with van der Waals surface area (Å²) in [6.45, 7) is 1.93. The van der Waals surface area contributed by atoms with E-state index in [1.54, 1.807) is 36.4 Å². The van der Waals surface area contributed by atoms with E-state index in [-0.39, 0.29) is 5.97 Å². The lowest BCUT2D eigenvalue weighted by molar-refractivity contribution is 0.0734. The molecule has 0 amide bonds. The van der Waals surface area contributed by atoms with Crippen LogP contribution in [0.1, 0.15) is 15.9 Å². The van der Waals surface area contributed by atoms with Gasteiger partial charge in [-0.2, -0.15) is 0 Å². The van der Waals surface area contributed by atoms with Gasteiger partial charge in [0.05, 0.1) is 5.56 Å². The number of ether oxygens (including phenoxy) is 1. The van der Waals surface area contributed by atoms with E-state index < -0.39 is 0 Å². The molecule has 0 aliphatic heterocycles. The largest absolute Gasteiger partial charge is 0.423 e. The fraction of sp³-hybridized carbons (Fsp3) is 0.0625. The van der Waals surface area contributed by atoms with Crippen LogP contribution in [0.2, 0.25) is 0 Å². The first-order valence-corrected chi connectivity index (χ1v) is 6.38. The summed E-state index contributed by atoms with van der Waals surface area (Å²) in [5, 5.41) is 7.43. The van der Waals surface area contributed by atoms with Crippen molar-refractivity contribution in [3.8, 4) is 17.2 Å². The van der Waals surface area contributed by atoms with Gasteiger partial charge in [0.25, 0.3) is 0 Å². The van der Waals surface area contributed by atoms with Crippen LogP contribution in [0.5, 0.6) is 5.75 Å². The Labute approximate surface area is 121 Å². The number of carbonyl (C=O) groups excluding carboxylic acids is 1. The number of nitrogens with zero attached hydrogens (tertiary/aromatic N) is 2. The second-order valence-corrected chi connectivity index (χ2v) is 4.53. The van der Waals surface area contributed by atoms with Crippen LogP contribution >= 0.6 is 0 Å². The molecule has 0 fully saturated rings. The third-order valence-corrected chi connectivity index (χ3v) is 2.93. The van der Waals surface area contributed by atoms with Gasteiger partial charge in [0.1, 0.15) is 5.75 Å². The molecule has 2 aromatic carbocycles.